The van der Waals surface area contributed by atoms with Gasteiger partial charge in [-0.05, 0) is 12.8 Å². The molecule has 0 saturated heterocycles. The number of hydrogen-bond donors (Lipinski definition) is 2. The molecule has 0 aromatic rings. The molecule has 2 atom stereocenters. The molecule has 2 N–H and O–H groups in total. The Hall–Kier alpha value is -1.26. The summed E-state index contributed by atoms with van der Waals surface area (Å²) in [5, 5.41) is 11.5. The van der Waals surface area contributed by atoms with Crippen LogP contribution < -0.4 is 5.32 Å². The van der Waals surface area contributed by atoms with E-state index in [-0.39, 0.29) is 18.6 Å². The molecule has 5 nitrogen and oxygen atoms in total. The van der Waals surface area contributed by atoms with E-state index in [1.54, 1.807) is 14.0 Å². The van der Waals surface area contributed by atoms with Crippen molar-refractivity contribution in [3.05, 3.63) is 0 Å². The molecule has 2 unspecified atom stereocenters. The number of aliphatic carboxylic acids is 1. The third-order valence-corrected chi connectivity index (χ3v) is 2.67. The first kappa shape index (κ1) is 14.7. The van der Waals surface area contributed by atoms with E-state index in [9.17, 15) is 9.59 Å². The first-order chi connectivity index (χ1) is 7.25. The Morgan fingerprint density at radius 1 is 1.25 bits per heavy atom. The van der Waals surface area contributed by atoms with Crippen LogP contribution in [0.5, 0.6) is 0 Å². The van der Waals surface area contributed by atoms with Crippen LogP contribution in [-0.2, 0) is 4.79 Å². The predicted molar refractivity (Wildman–Crippen MR) is 62.3 cm³/mol. The summed E-state index contributed by atoms with van der Waals surface area (Å²) < 4.78 is 0. The Kier molecular flexibility index (Phi) is 5.85. The minimum atomic E-state index is -0.892. The maximum atomic E-state index is 11.6. The highest BCUT2D eigenvalue weighted by molar-refractivity contribution is 5.75. The molecule has 0 rings (SSSR count). The number of carboxylic acid groups (broad SMARTS) is 1. The Morgan fingerprint density at radius 2 is 1.75 bits per heavy atom. The van der Waals surface area contributed by atoms with Crippen molar-refractivity contribution in [1.29, 1.82) is 0 Å². The third kappa shape index (κ3) is 5.00. The summed E-state index contributed by atoms with van der Waals surface area (Å²) in [6, 6.07) is -0.149. The van der Waals surface area contributed by atoms with Gasteiger partial charge < -0.3 is 15.3 Å². The zero-order valence-electron chi connectivity index (χ0n) is 10.7. The summed E-state index contributed by atoms with van der Waals surface area (Å²) in [6.07, 6.45) is 0. The number of carbonyl (C=O) groups is 2. The molecule has 5 heteroatoms. The zero-order chi connectivity index (χ0) is 12.9. The molecule has 94 valence electrons. The first-order valence-corrected chi connectivity index (χ1v) is 5.50. The Bertz CT molecular complexity index is 254. The van der Waals surface area contributed by atoms with Crippen LogP contribution in [-0.4, -0.2) is 41.6 Å². The van der Waals surface area contributed by atoms with Crippen LogP contribution in [0.15, 0.2) is 0 Å². The molecule has 0 spiro atoms. The number of rotatable bonds is 5. The van der Waals surface area contributed by atoms with Gasteiger partial charge in [0.1, 0.15) is 0 Å². The number of amides is 2. The van der Waals surface area contributed by atoms with Crippen LogP contribution in [0.3, 0.4) is 0 Å². The van der Waals surface area contributed by atoms with Crippen molar-refractivity contribution in [3.63, 3.8) is 0 Å². The number of carboxylic acids is 1. The number of carbonyl (C=O) groups excluding carboxylic acids is 1. The van der Waals surface area contributed by atoms with E-state index in [0.29, 0.717) is 5.92 Å². The molecule has 0 aromatic carbocycles. The summed E-state index contributed by atoms with van der Waals surface area (Å²) in [4.78, 5) is 23.7. The molecule has 0 saturated carbocycles. The lowest BCUT2D eigenvalue weighted by atomic mass is 10.1. The highest BCUT2D eigenvalue weighted by atomic mass is 16.4. The van der Waals surface area contributed by atoms with Gasteiger partial charge >= 0.3 is 12.0 Å². The molecule has 0 heterocycles. The highest BCUT2D eigenvalue weighted by Gasteiger charge is 2.19. The van der Waals surface area contributed by atoms with Gasteiger partial charge in [0.15, 0.2) is 0 Å². The summed E-state index contributed by atoms with van der Waals surface area (Å²) in [5.74, 6) is -1.09. The molecule has 0 radical (unpaired) electrons. The van der Waals surface area contributed by atoms with E-state index in [4.69, 9.17) is 5.11 Å². The minimum absolute atomic E-state index is 0.0788. The molecule has 0 aliphatic carbocycles. The summed E-state index contributed by atoms with van der Waals surface area (Å²) in [7, 11) is 1.60. The maximum absolute atomic E-state index is 11.6. The second-order valence-corrected chi connectivity index (χ2v) is 4.60. The van der Waals surface area contributed by atoms with Crippen molar-refractivity contribution in [2.24, 2.45) is 11.8 Å². The van der Waals surface area contributed by atoms with Crippen LogP contribution >= 0.6 is 0 Å². The normalized spacial score (nSPS) is 14.4. The molecule has 16 heavy (non-hydrogen) atoms. The second-order valence-electron chi connectivity index (χ2n) is 4.60. The molecule has 0 aliphatic heterocycles. The Balaban J connectivity index is 4.14. The maximum Gasteiger partial charge on any atom is 0.317 e. The summed E-state index contributed by atoms with van der Waals surface area (Å²) in [5.41, 5.74) is 0. The molecule has 2 amide bonds. The Labute approximate surface area is 96.8 Å². The van der Waals surface area contributed by atoms with Crippen molar-refractivity contribution in [3.8, 4) is 0 Å². The third-order valence-electron chi connectivity index (χ3n) is 2.67. The van der Waals surface area contributed by atoms with Gasteiger partial charge in [-0.3, -0.25) is 4.79 Å². The fourth-order valence-electron chi connectivity index (χ4n) is 1.04. The largest absolute Gasteiger partial charge is 0.481 e. The van der Waals surface area contributed by atoms with Crippen molar-refractivity contribution >= 4 is 12.0 Å². The molecule has 0 aromatic heterocycles. The number of nitrogens with one attached hydrogen (secondary N) is 1. The van der Waals surface area contributed by atoms with Gasteiger partial charge in [0, 0.05) is 19.6 Å². The lowest BCUT2D eigenvalue weighted by Crippen LogP contribution is -2.45. The van der Waals surface area contributed by atoms with Gasteiger partial charge in [-0.25, -0.2) is 4.79 Å². The molecular formula is C11H22N2O3. The average molecular weight is 230 g/mol. The molecule has 0 fully saturated rings. The lowest BCUT2D eigenvalue weighted by Gasteiger charge is -2.24. The monoisotopic (exact) mass is 230 g/mol. The summed E-state index contributed by atoms with van der Waals surface area (Å²) in [6.45, 7) is 7.76. The van der Waals surface area contributed by atoms with Crippen molar-refractivity contribution < 1.29 is 14.7 Å². The van der Waals surface area contributed by atoms with Crippen molar-refractivity contribution in [2.75, 3.05) is 13.6 Å². The first-order valence-electron chi connectivity index (χ1n) is 5.50. The highest BCUT2D eigenvalue weighted by Crippen LogP contribution is 2.02. The fourth-order valence-corrected chi connectivity index (χ4v) is 1.04. The van der Waals surface area contributed by atoms with Crippen LogP contribution in [0.1, 0.15) is 27.7 Å². The average Bonchev–Trinajstić information content (AvgIpc) is 2.16. The van der Waals surface area contributed by atoms with Crippen molar-refractivity contribution in [2.45, 2.75) is 33.7 Å². The minimum Gasteiger partial charge on any atom is -0.481 e. The van der Waals surface area contributed by atoms with Gasteiger partial charge in [-0.1, -0.05) is 20.8 Å². The fraction of sp³-hybridized carbons (Fsp3) is 0.818. The standard InChI is InChI=1S/C11H22N2O3/c1-7(2)9(4)12-11(16)13(5)6-8(3)10(14)15/h7-9H,6H2,1-5H3,(H,12,16)(H,14,15). The van der Waals surface area contributed by atoms with E-state index in [0.717, 1.165) is 0 Å². The topological polar surface area (TPSA) is 69.6 Å². The van der Waals surface area contributed by atoms with Crippen LogP contribution in [0, 0.1) is 11.8 Å². The van der Waals surface area contributed by atoms with Crippen LogP contribution in [0.25, 0.3) is 0 Å². The quantitative estimate of drug-likeness (QED) is 0.750. The van der Waals surface area contributed by atoms with Gasteiger partial charge in [0.05, 0.1) is 5.92 Å². The van der Waals surface area contributed by atoms with E-state index in [2.05, 4.69) is 5.32 Å². The lowest BCUT2D eigenvalue weighted by molar-refractivity contribution is -0.141. The van der Waals surface area contributed by atoms with E-state index >= 15 is 0 Å². The van der Waals surface area contributed by atoms with Crippen LogP contribution in [0.4, 0.5) is 4.79 Å². The van der Waals surface area contributed by atoms with Gasteiger partial charge in [-0.2, -0.15) is 0 Å². The predicted octanol–water partition coefficient (Wildman–Crippen LogP) is 1.39. The van der Waals surface area contributed by atoms with E-state index < -0.39 is 11.9 Å². The van der Waals surface area contributed by atoms with Crippen LogP contribution in [0.2, 0.25) is 0 Å². The Morgan fingerprint density at radius 3 is 2.12 bits per heavy atom. The number of nitrogens with zero attached hydrogens (tertiary/aromatic N) is 1. The SMILES string of the molecule is CC(CN(C)C(=O)NC(C)C(C)C)C(=O)O. The van der Waals surface area contributed by atoms with Gasteiger partial charge in [0.25, 0.3) is 0 Å². The second kappa shape index (κ2) is 6.35. The van der Waals surface area contributed by atoms with Gasteiger partial charge in [0.2, 0.25) is 0 Å². The molecular weight excluding hydrogens is 208 g/mol. The summed E-state index contributed by atoms with van der Waals surface area (Å²) >= 11 is 0. The van der Waals surface area contributed by atoms with E-state index in [1.165, 1.54) is 4.90 Å². The molecule has 0 bridgehead atoms. The smallest absolute Gasteiger partial charge is 0.317 e. The number of hydrogen-bond acceptors (Lipinski definition) is 2. The van der Waals surface area contributed by atoms with E-state index in [1.807, 2.05) is 20.8 Å². The zero-order valence-corrected chi connectivity index (χ0v) is 10.7. The molecule has 0 aliphatic rings. The number of urea groups is 1. The van der Waals surface area contributed by atoms with Crippen molar-refractivity contribution in [1.82, 2.24) is 10.2 Å². The van der Waals surface area contributed by atoms with Gasteiger partial charge in [-0.15, -0.1) is 0 Å².